The summed E-state index contributed by atoms with van der Waals surface area (Å²) in [6.45, 7) is 0. The van der Waals surface area contributed by atoms with Crippen LogP contribution in [0.5, 0.6) is 0 Å². The molecule has 3 N–H and O–H groups in total. The van der Waals surface area contributed by atoms with Gasteiger partial charge in [0.25, 0.3) is 0 Å². The van der Waals surface area contributed by atoms with E-state index in [0.29, 0.717) is 14.2 Å². The van der Waals surface area contributed by atoms with E-state index in [1.165, 1.54) is 24.3 Å². The molecule has 8 heteroatoms. The molecule has 0 radical (unpaired) electrons. The number of hydrazine groups is 1. The van der Waals surface area contributed by atoms with Crippen molar-refractivity contribution >= 4 is 34.5 Å². The molecule has 2 rings (SSSR count). The number of hydrogen-bond donors (Lipinski definition) is 2. The molecule has 1 aromatic carbocycles. The Bertz CT molecular complexity index is 613. The van der Waals surface area contributed by atoms with Gasteiger partial charge >= 0.3 is 6.18 Å². The normalized spacial score (nSPS) is 13.5. The molecule has 0 saturated heterocycles. The minimum Gasteiger partial charge on any atom is -0.271 e. The molecule has 108 valence electrons. The van der Waals surface area contributed by atoms with E-state index >= 15 is 0 Å². The van der Waals surface area contributed by atoms with Crippen molar-refractivity contribution in [3.63, 3.8) is 0 Å². The van der Waals surface area contributed by atoms with Crippen LogP contribution in [0.4, 0.5) is 13.2 Å². The monoisotopic (exact) mass is 340 g/mol. The van der Waals surface area contributed by atoms with Crippen LogP contribution in [-0.4, -0.2) is 0 Å². The SMILES string of the molecule is NNC(c1ccccc1C(F)(F)F)c1cc(Cl)sc1Cl. The number of thiophene rings is 1. The van der Waals surface area contributed by atoms with Crippen molar-refractivity contribution in [1.29, 1.82) is 0 Å². The molecule has 1 aromatic heterocycles. The van der Waals surface area contributed by atoms with Crippen molar-refractivity contribution in [3.05, 3.63) is 55.7 Å². The number of rotatable bonds is 3. The van der Waals surface area contributed by atoms with Crippen LogP contribution in [0.15, 0.2) is 30.3 Å². The summed E-state index contributed by atoms with van der Waals surface area (Å²) in [7, 11) is 0. The molecule has 0 aliphatic heterocycles. The quantitative estimate of drug-likeness (QED) is 0.631. The van der Waals surface area contributed by atoms with Crippen LogP contribution < -0.4 is 11.3 Å². The van der Waals surface area contributed by atoms with Gasteiger partial charge in [0.2, 0.25) is 0 Å². The van der Waals surface area contributed by atoms with Crippen molar-refractivity contribution in [1.82, 2.24) is 5.43 Å². The van der Waals surface area contributed by atoms with E-state index in [1.807, 2.05) is 0 Å². The fourth-order valence-electron chi connectivity index (χ4n) is 1.90. The van der Waals surface area contributed by atoms with Crippen LogP contribution in [0.25, 0.3) is 0 Å². The summed E-state index contributed by atoms with van der Waals surface area (Å²) in [5, 5.41) is 0. The van der Waals surface area contributed by atoms with Gasteiger partial charge in [0.15, 0.2) is 0 Å². The summed E-state index contributed by atoms with van der Waals surface area (Å²) >= 11 is 12.9. The van der Waals surface area contributed by atoms with Crippen molar-refractivity contribution < 1.29 is 13.2 Å². The zero-order valence-corrected chi connectivity index (χ0v) is 12.2. The smallest absolute Gasteiger partial charge is 0.271 e. The fourth-order valence-corrected chi connectivity index (χ4v) is 3.44. The average Bonchev–Trinajstić information content (AvgIpc) is 2.69. The Morgan fingerprint density at radius 1 is 1.15 bits per heavy atom. The van der Waals surface area contributed by atoms with Gasteiger partial charge in [0, 0.05) is 5.56 Å². The number of alkyl halides is 3. The molecule has 2 aromatic rings. The van der Waals surface area contributed by atoms with Gasteiger partial charge in [-0.05, 0) is 17.7 Å². The van der Waals surface area contributed by atoms with E-state index < -0.39 is 17.8 Å². The second-order valence-electron chi connectivity index (χ2n) is 3.96. The van der Waals surface area contributed by atoms with Gasteiger partial charge in [-0.25, -0.2) is 5.43 Å². The second-order valence-corrected chi connectivity index (χ2v) is 6.25. The standard InChI is InChI=1S/C12H9Cl2F3N2S/c13-9-5-7(11(14)20-9)10(19-18)6-3-1-2-4-8(6)12(15,16)17/h1-5,10,19H,18H2. The summed E-state index contributed by atoms with van der Waals surface area (Å²) in [5.74, 6) is 5.41. The number of nitrogens with one attached hydrogen (secondary N) is 1. The largest absolute Gasteiger partial charge is 0.416 e. The Morgan fingerprint density at radius 3 is 2.30 bits per heavy atom. The summed E-state index contributed by atoms with van der Waals surface area (Å²) < 4.78 is 39.8. The highest BCUT2D eigenvalue weighted by atomic mass is 35.5. The first-order chi connectivity index (χ1) is 9.34. The average molecular weight is 341 g/mol. The fraction of sp³-hybridized carbons (Fsp3) is 0.167. The predicted molar refractivity (Wildman–Crippen MR) is 74.9 cm³/mol. The van der Waals surface area contributed by atoms with E-state index in [-0.39, 0.29) is 5.56 Å². The Kier molecular flexibility index (Phi) is 4.61. The Labute approximate surface area is 127 Å². The van der Waals surface area contributed by atoms with Gasteiger partial charge in [0.1, 0.15) is 0 Å². The summed E-state index contributed by atoms with van der Waals surface area (Å²) in [5.41, 5.74) is 2.02. The van der Waals surface area contributed by atoms with Crippen LogP contribution in [0.3, 0.4) is 0 Å². The lowest BCUT2D eigenvalue weighted by molar-refractivity contribution is -0.138. The molecule has 1 atom stereocenters. The second kappa shape index (κ2) is 5.91. The van der Waals surface area contributed by atoms with E-state index in [9.17, 15) is 13.2 Å². The van der Waals surface area contributed by atoms with Crippen molar-refractivity contribution in [2.24, 2.45) is 5.84 Å². The van der Waals surface area contributed by atoms with Crippen LogP contribution in [0.1, 0.15) is 22.7 Å². The Morgan fingerprint density at radius 2 is 1.80 bits per heavy atom. The molecule has 2 nitrogen and oxygen atoms in total. The molecular weight excluding hydrogens is 332 g/mol. The Hall–Kier alpha value is -0.790. The molecule has 0 aliphatic carbocycles. The lowest BCUT2D eigenvalue weighted by Gasteiger charge is -2.20. The van der Waals surface area contributed by atoms with E-state index in [1.54, 1.807) is 0 Å². The highest BCUT2D eigenvalue weighted by molar-refractivity contribution is 7.20. The van der Waals surface area contributed by atoms with Gasteiger partial charge in [-0.3, -0.25) is 5.84 Å². The molecule has 1 heterocycles. The van der Waals surface area contributed by atoms with Crippen molar-refractivity contribution in [2.75, 3.05) is 0 Å². The van der Waals surface area contributed by atoms with Gasteiger partial charge in [-0.1, -0.05) is 41.4 Å². The third kappa shape index (κ3) is 3.10. The molecular formula is C12H9Cl2F3N2S. The molecule has 0 amide bonds. The van der Waals surface area contributed by atoms with Crippen LogP contribution in [0.2, 0.25) is 8.67 Å². The molecule has 0 fully saturated rings. The van der Waals surface area contributed by atoms with Gasteiger partial charge < -0.3 is 0 Å². The first-order valence-corrected chi connectivity index (χ1v) is 6.98. The van der Waals surface area contributed by atoms with E-state index in [2.05, 4.69) is 5.43 Å². The zero-order valence-electron chi connectivity index (χ0n) is 9.84. The molecule has 1 unspecified atom stereocenters. The van der Waals surface area contributed by atoms with Gasteiger partial charge in [0.05, 0.1) is 20.3 Å². The Balaban J connectivity index is 2.56. The number of halogens is 5. The molecule has 0 bridgehead atoms. The maximum absolute atomic E-state index is 13.0. The third-order valence-electron chi connectivity index (χ3n) is 2.74. The molecule has 0 saturated carbocycles. The topological polar surface area (TPSA) is 38.0 Å². The molecule has 0 aliphatic rings. The zero-order chi connectivity index (χ0) is 14.9. The highest BCUT2D eigenvalue weighted by Gasteiger charge is 2.35. The lowest BCUT2D eigenvalue weighted by Crippen LogP contribution is -2.30. The van der Waals surface area contributed by atoms with Crippen molar-refractivity contribution in [2.45, 2.75) is 12.2 Å². The van der Waals surface area contributed by atoms with Crippen molar-refractivity contribution in [3.8, 4) is 0 Å². The maximum Gasteiger partial charge on any atom is 0.416 e. The number of hydrogen-bond acceptors (Lipinski definition) is 3. The summed E-state index contributed by atoms with van der Waals surface area (Å²) in [6.07, 6.45) is -4.47. The van der Waals surface area contributed by atoms with Gasteiger partial charge in [-0.2, -0.15) is 13.2 Å². The lowest BCUT2D eigenvalue weighted by atomic mass is 9.96. The van der Waals surface area contributed by atoms with Crippen LogP contribution in [0, 0.1) is 0 Å². The minimum absolute atomic E-state index is 0.00105. The minimum atomic E-state index is -4.47. The molecule has 0 spiro atoms. The predicted octanol–water partition coefficient (Wildman–Crippen LogP) is 4.63. The van der Waals surface area contributed by atoms with Crippen LogP contribution in [-0.2, 0) is 6.18 Å². The van der Waals surface area contributed by atoms with Gasteiger partial charge in [-0.15, -0.1) is 11.3 Å². The number of nitrogens with two attached hydrogens (primary N) is 1. The first-order valence-electron chi connectivity index (χ1n) is 5.41. The molecule has 20 heavy (non-hydrogen) atoms. The highest BCUT2D eigenvalue weighted by Crippen LogP contribution is 2.41. The summed E-state index contributed by atoms with van der Waals surface area (Å²) in [6, 6.07) is 5.81. The first kappa shape index (κ1) is 15.6. The van der Waals surface area contributed by atoms with Crippen LogP contribution >= 0.6 is 34.5 Å². The number of benzene rings is 1. The maximum atomic E-state index is 13.0. The summed E-state index contributed by atoms with van der Waals surface area (Å²) in [4.78, 5) is 0. The van der Waals surface area contributed by atoms with E-state index in [0.717, 1.165) is 17.4 Å². The third-order valence-corrected chi connectivity index (χ3v) is 4.26. The van der Waals surface area contributed by atoms with E-state index in [4.69, 9.17) is 29.0 Å².